The van der Waals surface area contributed by atoms with E-state index >= 15 is 0 Å². The highest BCUT2D eigenvalue weighted by Gasteiger charge is 2.30. The average molecular weight is 444 g/mol. The smallest absolute Gasteiger partial charge is 0.328 e. The number of carboxylic acids is 2. The second-order valence-corrected chi connectivity index (χ2v) is 8.40. The van der Waals surface area contributed by atoms with Gasteiger partial charge in [-0.05, 0) is 62.4 Å². The van der Waals surface area contributed by atoms with Crippen molar-refractivity contribution in [3.05, 3.63) is 46.0 Å². The van der Waals surface area contributed by atoms with Gasteiger partial charge in [0, 0.05) is 31.2 Å². The minimum absolute atomic E-state index is 0.523. The van der Waals surface area contributed by atoms with E-state index in [2.05, 4.69) is 18.0 Å². The van der Waals surface area contributed by atoms with Crippen LogP contribution in [0.5, 0.6) is 0 Å². The van der Waals surface area contributed by atoms with Crippen LogP contribution in [0.3, 0.4) is 0 Å². The third-order valence-electron chi connectivity index (χ3n) is 5.06. The summed E-state index contributed by atoms with van der Waals surface area (Å²) in [4.78, 5) is 21.5. The Morgan fingerprint density at radius 1 is 1.10 bits per heavy atom. The number of halogens is 2. The fourth-order valence-corrected chi connectivity index (χ4v) is 3.68. The van der Waals surface area contributed by atoms with Crippen molar-refractivity contribution >= 4 is 35.1 Å². The Labute approximate surface area is 181 Å². The SMILES string of the molecule is CN1CC[C@H](c2ccc(Cl)c(Cl)c2)[C@H](COCC2CC2)C1.O=C(O)/C=C/C(=O)O. The molecule has 1 aromatic rings. The maximum absolute atomic E-state index is 9.55. The number of nitrogens with zero attached hydrogens (tertiary/aromatic N) is 1. The fourth-order valence-electron chi connectivity index (χ4n) is 3.38. The van der Waals surface area contributed by atoms with Crippen LogP contribution in [-0.2, 0) is 14.3 Å². The molecule has 1 aliphatic carbocycles. The van der Waals surface area contributed by atoms with Gasteiger partial charge in [-0.2, -0.15) is 0 Å². The van der Waals surface area contributed by atoms with Gasteiger partial charge in [-0.3, -0.25) is 0 Å². The van der Waals surface area contributed by atoms with E-state index in [-0.39, 0.29) is 0 Å². The molecule has 1 aromatic carbocycles. The molecule has 0 amide bonds. The van der Waals surface area contributed by atoms with Crippen molar-refractivity contribution in [1.29, 1.82) is 0 Å². The normalized spacial score (nSPS) is 22.2. The maximum atomic E-state index is 9.55. The van der Waals surface area contributed by atoms with Crippen molar-refractivity contribution < 1.29 is 24.5 Å². The summed E-state index contributed by atoms with van der Waals surface area (Å²) in [5, 5.41) is 16.9. The van der Waals surface area contributed by atoms with E-state index in [1.165, 1.54) is 18.4 Å². The molecule has 160 valence electrons. The predicted octanol–water partition coefficient (Wildman–Crippen LogP) is 4.17. The molecule has 2 N–H and O–H groups in total. The zero-order chi connectivity index (χ0) is 21.4. The fraction of sp³-hybridized carbons (Fsp3) is 0.524. The zero-order valence-corrected chi connectivity index (χ0v) is 17.9. The van der Waals surface area contributed by atoms with Crippen LogP contribution in [0.25, 0.3) is 0 Å². The minimum atomic E-state index is -1.26. The molecule has 0 bridgehead atoms. The van der Waals surface area contributed by atoms with Crippen LogP contribution in [0.2, 0.25) is 10.0 Å². The first-order chi connectivity index (χ1) is 13.8. The van der Waals surface area contributed by atoms with Gasteiger partial charge in [0.05, 0.1) is 16.7 Å². The molecule has 2 fully saturated rings. The average Bonchev–Trinajstić information content (AvgIpc) is 3.48. The molecule has 29 heavy (non-hydrogen) atoms. The summed E-state index contributed by atoms with van der Waals surface area (Å²) in [6.07, 6.45) is 4.97. The second kappa shape index (κ2) is 11.6. The summed E-state index contributed by atoms with van der Waals surface area (Å²) in [6, 6.07) is 6.07. The van der Waals surface area contributed by atoms with Crippen LogP contribution in [0, 0.1) is 11.8 Å². The van der Waals surface area contributed by atoms with E-state index in [9.17, 15) is 9.59 Å². The number of hydrogen-bond acceptors (Lipinski definition) is 4. The number of benzene rings is 1. The summed E-state index contributed by atoms with van der Waals surface area (Å²) in [5.41, 5.74) is 1.30. The zero-order valence-electron chi connectivity index (χ0n) is 16.4. The largest absolute Gasteiger partial charge is 0.478 e. The number of ether oxygens (including phenoxy) is 1. The van der Waals surface area contributed by atoms with Crippen LogP contribution in [-0.4, -0.2) is 60.4 Å². The molecule has 8 heteroatoms. The molecule has 2 aliphatic rings. The Bertz CT molecular complexity index is 720. The van der Waals surface area contributed by atoms with Crippen LogP contribution in [0.4, 0.5) is 0 Å². The summed E-state index contributed by atoms with van der Waals surface area (Å²) in [7, 11) is 2.19. The molecule has 6 nitrogen and oxygen atoms in total. The molecule has 0 unspecified atom stereocenters. The number of likely N-dealkylation sites (tertiary alicyclic amines) is 1. The Morgan fingerprint density at radius 3 is 2.31 bits per heavy atom. The monoisotopic (exact) mass is 443 g/mol. The molecule has 1 aliphatic heterocycles. The quantitative estimate of drug-likeness (QED) is 0.614. The summed E-state index contributed by atoms with van der Waals surface area (Å²) < 4.78 is 5.97. The molecule has 1 saturated carbocycles. The van der Waals surface area contributed by atoms with Gasteiger partial charge in [0.2, 0.25) is 0 Å². The lowest BCUT2D eigenvalue weighted by molar-refractivity contribution is -0.134. The van der Waals surface area contributed by atoms with Gasteiger partial charge < -0.3 is 19.8 Å². The van der Waals surface area contributed by atoms with Gasteiger partial charge in [-0.15, -0.1) is 0 Å². The Balaban J connectivity index is 0.000000321. The van der Waals surface area contributed by atoms with Gasteiger partial charge in [0.25, 0.3) is 0 Å². The summed E-state index contributed by atoms with van der Waals surface area (Å²) >= 11 is 12.2. The molecule has 3 rings (SSSR count). The Kier molecular flexibility index (Phi) is 9.43. The van der Waals surface area contributed by atoms with Gasteiger partial charge in [-0.25, -0.2) is 9.59 Å². The molecular weight excluding hydrogens is 417 g/mol. The number of rotatable bonds is 7. The lowest BCUT2D eigenvalue weighted by Crippen LogP contribution is -2.39. The van der Waals surface area contributed by atoms with Crippen LogP contribution >= 0.6 is 23.2 Å². The highest BCUT2D eigenvalue weighted by molar-refractivity contribution is 6.42. The van der Waals surface area contributed by atoms with Gasteiger partial charge in [-0.1, -0.05) is 29.3 Å². The first kappa shape index (κ1) is 23.7. The number of hydrogen-bond donors (Lipinski definition) is 2. The van der Waals surface area contributed by atoms with Gasteiger partial charge >= 0.3 is 11.9 Å². The Morgan fingerprint density at radius 2 is 1.76 bits per heavy atom. The second-order valence-electron chi connectivity index (χ2n) is 7.58. The molecule has 2 atom stereocenters. The van der Waals surface area contributed by atoms with Crippen molar-refractivity contribution in [3.63, 3.8) is 0 Å². The van der Waals surface area contributed by atoms with Crippen molar-refractivity contribution in [2.45, 2.75) is 25.2 Å². The van der Waals surface area contributed by atoms with E-state index in [1.807, 2.05) is 12.1 Å². The first-order valence-corrected chi connectivity index (χ1v) is 10.4. The van der Waals surface area contributed by atoms with Crippen LogP contribution in [0.1, 0.15) is 30.7 Å². The first-order valence-electron chi connectivity index (χ1n) is 9.61. The van der Waals surface area contributed by atoms with E-state index in [0.29, 0.717) is 34.0 Å². The number of carboxylic acid groups (broad SMARTS) is 2. The highest BCUT2D eigenvalue weighted by atomic mass is 35.5. The van der Waals surface area contributed by atoms with E-state index in [0.717, 1.165) is 38.6 Å². The summed E-state index contributed by atoms with van der Waals surface area (Å²) in [6.45, 7) is 4.01. The van der Waals surface area contributed by atoms with E-state index in [4.69, 9.17) is 38.2 Å². The third kappa shape index (κ3) is 8.74. The maximum Gasteiger partial charge on any atom is 0.328 e. The van der Waals surface area contributed by atoms with Crippen molar-refractivity contribution in [2.75, 3.05) is 33.4 Å². The molecule has 0 spiro atoms. The van der Waals surface area contributed by atoms with Crippen LogP contribution in [0.15, 0.2) is 30.4 Å². The minimum Gasteiger partial charge on any atom is -0.478 e. The molecular formula is C21H27Cl2NO5. The lowest BCUT2D eigenvalue weighted by Gasteiger charge is -2.37. The Hall–Kier alpha value is -1.60. The van der Waals surface area contributed by atoms with Crippen molar-refractivity contribution in [1.82, 2.24) is 4.90 Å². The standard InChI is InChI=1S/C17H23Cl2NO.C4H4O4/c1-20-7-6-15(13-4-5-16(18)17(19)8-13)14(9-20)11-21-10-12-2-3-12;5-3(6)1-2-4(7)8/h4-5,8,12,14-15H,2-3,6-7,9-11H2,1H3;1-2H,(H,5,6)(H,7,8)/b;2-1+/t14-,15+;/m0./s1. The third-order valence-corrected chi connectivity index (χ3v) is 5.80. The molecule has 0 aromatic heterocycles. The van der Waals surface area contributed by atoms with Crippen molar-refractivity contribution in [3.8, 4) is 0 Å². The number of carbonyl (C=O) groups is 2. The summed E-state index contributed by atoms with van der Waals surface area (Å²) in [5.74, 6) is -0.621. The lowest BCUT2D eigenvalue weighted by atomic mass is 9.81. The molecule has 0 radical (unpaired) electrons. The van der Waals surface area contributed by atoms with Gasteiger partial charge in [0.1, 0.15) is 0 Å². The predicted molar refractivity (Wildman–Crippen MR) is 113 cm³/mol. The van der Waals surface area contributed by atoms with E-state index in [1.54, 1.807) is 0 Å². The highest BCUT2D eigenvalue weighted by Crippen LogP contribution is 2.36. The number of aliphatic carboxylic acids is 2. The van der Waals surface area contributed by atoms with Gasteiger partial charge in [0.15, 0.2) is 0 Å². The van der Waals surface area contributed by atoms with Crippen LogP contribution < -0.4 is 0 Å². The van der Waals surface area contributed by atoms with Crippen molar-refractivity contribution in [2.24, 2.45) is 11.8 Å². The topological polar surface area (TPSA) is 87.1 Å². The molecule has 1 saturated heterocycles. The van der Waals surface area contributed by atoms with E-state index < -0.39 is 11.9 Å². The number of piperidine rings is 1. The molecule has 1 heterocycles.